The van der Waals surface area contributed by atoms with Gasteiger partial charge in [0.05, 0.1) is 6.61 Å². The fourth-order valence-corrected chi connectivity index (χ4v) is 3.76. The van der Waals surface area contributed by atoms with Crippen LogP contribution in [0.4, 0.5) is 0 Å². The molecule has 164 valence electrons. The van der Waals surface area contributed by atoms with Crippen molar-refractivity contribution in [2.45, 2.75) is 45.1 Å². The number of ether oxygens (including phenoxy) is 2. The Hall–Kier alpha value is -2.31. The maximum atomic E-state index is 12.2. The number of hydrogen-bond acceptors (Lipinski definition) is 5. The van der Waals surface area contributed by atoms with Crippen molar-refractivity contribution in [2.75, 3.05) is 39.9 Å². The largest absolute Gasteiger partial charge is 0.490 e. The molecular formula is C24H34N2O4. The summed E-state index contributed by atoms with van der Waals surface area (Å²) >= 11 is 0. The van der Waals surface area contributed by atoms with Gasteiger partial charge in [0, 0.05) is 38.2 Å². The molecule has 1 fully saturated rings. The maximum Gasteiger partial charge on any atom is 0.251 e. The van der Waals surface area contributed by atoms with Crippen LogP contribution in [0.15, 0.2) is 40.8 Å². The number of piperidine rings is 1. The zero-order valence-corrected chi connectivity index (χ0v) is 18.4. The molecule has 2 heterocycles. The van der Waals surface area contributed by atoms with E-state index in [1.807, 2.05) is 31.2 Å². The molecule has 1 saturated heterocycles. The fraction of sp³-hybridized carbons (Fsp3) is 0.542. The van der Waals surface area contributed by atoms with Crippen LogP contribution in [0.3, 0.4) is 0 Å². The van der Waals surface area contributed by atoms with E-state index in [2.05, 4.69) is 23.2 Å². The third kappa shape index (κ3) is 6.61. The Morgan fingerprint density at radius 3 is 2.77 bits per heavy atom. The predicted octanol–water partition coefficient (Wildman–Crippen LogP) is 4.00. The normalized spacial score (nSPS) is 16.4. The molecule has 0 aliphatic carbocycles. The zero-order chi connectivity index (χ0) is 21.3. The molecular weight excluding hydrogens is 380 g/mol. The van der Waals surface area contributed by atoms with E-state index in [4.69, 9.17) is 13.9 Å². The van der Waals surface area contributed by atoms with Crippen LogP contribution in [0, 0.1) is 6.92 Å². The van der Waals surface area contributed by atoms with Crippen molar-refractivity contribution >= 4 is 5.91 Å². The van der Waals surface area contributed by atoms with Gasteiger partial charge in [0.2, 0.25) is 0 Å². The van der Waals surface area contributed by atoms with Crippen LogP contribution in [0.2, 0.25) is 0 Å². The van der Waals surface area contributed by atoms with Gasteiger partial charge < -0.3 is 24.1 Å². The highest BCUT2D eigenvalue weighted by Gasteiger charge is 2.21. The molecule has 0 unspecified atom stereocenters. The Labute approximate surface area is 179 Å². The lowest BCUT2D eigenvalue weighted by atomic mass is 10.0. The van der Waals surface area contributed by atoms with Gasteiger partial charge in [-0.05, 0) is 63.1 Å². The van der Waals surface area contributed by atoms with Crippen LogP contribution in [0.1, 0.15) is 54.0 Å². The second-order valence-corrected chi connectivity index (χ2v) is 8.07. The molecule has 30 heavy (non-hydrogen) atoms. The third-order valence-corrected chi connectivity index (χ3v) is 5.65. The lowest BCUT2D eigenvalue weighted by Crippen LogP contribution is -2.39. The fourth-order valence-electron chi connectivity index (χ4n) is 3.76. The van der Waals surface area contributed by atoms with Crippen LogP contribution in [0.25, 0.3) is 0 Å². The monoisotopic (exact) mass is 414 g/mol. The van der Waals surface area contributed by atoms with E-state index in [0.29, 0.717) is 24.6 Å². The minimum absolute atomic E-state index is 0.104. The number of rotatable bonds is 10. The van der Waals surface area contributed by atoms with Crippen LogP contribution in [-0.2, 0) is 4.74 Å². The lowest BCUT2D eigenvalue weighted by Gasteiger charge is -2.32. The van der Waals surface area contributed by atoms with Gasteiger partial charge in [0.15, 0.2) is 0 Å². The number of hydrogen-bond donors (Lipinski definition) is 1. The van der Waals surface area contributed by atoms with Crippen molar-refractivity contribution in [3.8, 4) is 5.75 Å². The molecule has 0 radical (unpaired) electrons. The average molecular weight is 415 g/mol. The highest BCUT2D eigenvalue weighted by Crippen LogP contribution is 2.24. The molecule has 1 aliphatic rings. The Morgan fingerprint density at radius 1 is 1.27 bits per heavy atom. The highest BCUT2D eigenvalue weighted by atomic mass is 16.5. The van der Waals surface area contributed by atoms with Crippen molar-refractivity contribution in [2.24, 2.45) is 0 Å². The number of carbonyl (C=O) groups is 1. The second-order valence-electron chi connectivity index (χ2n) is 8.07. The molecule has 3 rings (SSSR count). The molecule has 1 N–H and O–H groups in total. The lowest BCUT2D eigenvalue weighted by molar-refractivity contribution is 0.0927. The van der Waals surface area contributed by atoms with Crippen LogP contribution >= 0.6 is 0 Å². The van der Waals surface area contributed by atoms with Gasteiger partial charge in [-0.2, -0.15) is 0 Å². The molecule has 6 heteroatoms. The molecule has 0 bridgehead atoms. The Kier molecular flexibility index (Phi) is 8.34. The van der Waals surface area contributed by atoms with Gasteiger partial charge in [-0.15, -0.1) is 0 Å². The molecule has 1 amide bonds. The van der Waals surface area contributed by atoms with Crippen molar-refractivity contribution in [1.29, 1.82) is 0 Å². The first-order valence-electron chi connectivity index (χ1n) is 10.9. The first-order chi connectivity index (χ1) is 14.5. The van der Waals surface area contributed by atoms with Gasteiger partial charge in [-0.3, -0.25) is 4.79 Å². The molecule has 0 saturated carbocycles. The number of likely N-dealkylation sites (tertiary alicyclic amines) is 1. The van der Waals surface area contributed by atoms with Crippen LogP contribution in [-0.4, -0.2) is 56.8 Å². The number of benzene rings is 1. The third-order valence-electron chi connectivity index (χ3n) is 5.65. The smallest absolute Gasteiger partial charge is 0.251 e. The quantitative estimate of drug-likeness (QED) is 0.596. The van der Waals surface area contributed by atoms with Gasteiger partial charge in [0.25, 0.3) is 5.91 Å². The van der Waals surface area contributed by atoms with Crippen molar-refractivity contribution < 1.29 is 18.7 Å². The molecule has 1 aromatic carbocycles. The maximum absolute atomic E-state index is 12.2. The first-order valence-corrected chi connectivity index (χ1v) is 10.9. The Morgan fingerprint density at radius 2 is 2.07 bits per heavy atom. The van der Waals surface area contributed by atoms with E-state index < -0.39 is 0 Å². The van der Waals surface area contributed by atoms with E-state index >= 15 is 0 Å². The standard InChI is InChI=1S/C24H34N2O4/c1-18(23-8-7-19(2)29-23)9-13-26-14-10-21(11-15-26)30-22-6-4-5-20(17-22)24(27)25-12-16-28-3/h4-8,17-18,21H,9-16H2,1-3H3,(H,25,27)/t18-/m0/s1. The van der Waals surface area contributed by atoms with Gasteiger partial charge in [-0.25, -0.2) is 0 Å². The van der Waals surface area contributed by atoms with E-state index in [1.165, 1.54) is 0 Å². The summed E-state index contributed by atoms with van der Waals surface area (Å²) in [5.74, 6) is 3.15. The predicted molar refractivity (Wildman–Crippen MR) is 117 cm³/mol. The molecule has 1 aromatic heterocycles. The summed E-state index contributed by atoms with van der Waals surface area (Å²) < 4.78 is 16.9. The zero-order valence-electron chi connectivity index (χ0n) is 18.4. The van der Waals surface area contributed by atoms with Crippen molar-refractivity contribution in [3.63, 3.8) is 0 Å². The SMILES string of the molecule is COCCNC(=O)c1cccc(OC2CCN(CC[C@H](C)c3ccc(C)o3)CC2)c1. The Balaban J connectivity index is 1.41. The average Bonchev–Trinajstić information content (AvgIpc) is 3.20. The van der Waals surface area contributed by atoms with Gasteiger partial charge >= 0.3 is 0 Å². The summed E-state index contributed by atoms with van der Waals surface area (Å²) in [6.45, 7) is 8.36. The molecule has 1 atom stereocenters. The number of methoxy groups -OCH3 is 1. The van der Waals surface area contributed by atoms with Gasteiger partial charge in [0.1, 0.15) is 23.4 Å². The molecule has 2 aromatic rings. The summed E-state index contributed by atoms with van der Waals surface area (Å²) in [4.78, 5) is 14.7. The number of aryl methyl sites for hydroxylation is 1. The topological polar surface area (TPSA) is 63.9 Å². The number of carbonyl (C=O) groups excluding carboxylic acids is 1. The van der Waals surface area contributed by atoms with E-state index in [1.54, 1.807) is 13.2 Å². The Bertz CT molecular complexity index is 796. The summed E-state index contributed by atoms with van der Waals surface area (Å²) in [5, 5.41) is 2.84. The highest BCUT2D eigenvalue weighted by molar-refractivity contribution is 5.94. The second kappa shape index (κ2) is 11.2. The van der Waals surface area contributed by atoms with Crippen LogP contribution < -0.4 is 10.1 Å². The molecule has 1 aliphatic heterocycles. The summed E-state index contributed by atoms with van der Waals surface area (Å²) in [6, 6.07) is 11.5. The number of amides is 1. The van der Waals surface area contributed by atoms with E-state index in [-0.39, 0.29) is 12.0 Å². The number of nitrogens with one attached hydrogen (secondary N) is 1. The molecule has 6 nitrogen and oxygen atoms in total. The number of nitrogens with zero attached hydrogens (tertiary/aromatic N) is 1. The minimum atomic E-state index is -0.104. The van der Waals surface area contributed by atoms with E-state index in [0.717, 1.165) is 56.2 Å². The van der Waals surface area contributed by atoms with Crippen LogP contribution in [0.5, 0.6) is 5.75 Å². The van der Waals surface area contributed by atoms with Crippen molar-refractivity contribution in [3.05, 3.63) is 53.5 Å². The van der Waals surface area contributed by atoms with E-state index in [9.17, 15) is 4.79 Å². The number of furan rings is 1. The molecule has 0 spiro atoms. The minimum Gasteiger partial charge on any atom is -0.490 e. The summed E-state index contributed by atoms with van der Waals surface area (Å²) in [6.07, 6.45) is 3.29. The summed E-state index contributed by atoms with van der Waals surface area (Å²) in [7, 11) is 1.62. The van der Waals surface area contributed by atoms with Crippen molar-refractivity contribution in [1.82, 2.24) is 10.2 Å². The van der Waals surface area contributed by atoms with Gasteiger partial charge in [-0.1, -0.05) is 13.0 Å². The summed E-state index contributed by atoms with van der Waals surface area (Å²) in [5.41, 5.74) is 0.614. The first kappa shape index (κ1) is 22.4.